The average Bonchev–Trinajstić information content (AvgIpc) is 2.46. The molecule has 0 saturated carbocycles. The molecule has 1 aliphatic rings. The van der Waals surface area contributed by atoms with E-state index in [-0.39, 0.29) is 0 Å². The summed E-state index contributed by atoms with van der Waals surface area (Å²) in [6.07, 6.45) is 2.61. The fourth-order valence-corrected chi connectivity index (χ4v) is 2.30. The van der Waals surface area contributed by atoms with E-state index in [2.05, 4.69) is 45.9 Å². The fourth-order valence-electron chi connectivity index (χ4n) is 2.30. The first kappa shape index (κ1) is 9.76. The lowest BCUT2D eigenvalue weighted by Crippen LogP contribution is -2.11. The van der Waals surface area contributed by atoms with Crippen LogP contribution in [0.2, 0.25) is 0 Å². The molecule has 0 fully saturated rings. The Morgan fingerprint density at radius 3 is 2.57 bits per heavy atom. The highest BCUT2D eigenvalue weighted by Gasteiger charge is 2.21. The van der Waals surface area contributed by atoms with E-state index in [0.717, 1.165) is 5.92 Å². The van der Waals surface area contributed by atoms with Gasteiger partial charge < -0.3 is 0 Å². The van der Waals surface area contributed by atoms with Crippen molar-refractivity contribution in [3.8, 4) is 0 Å². The van der Waals surface area contributed by atoms with Crippen molar-refractivity contribution in [1.29, 1.82) is 0 Å². The normalized spacial score (nSPS) is 21.0. The van der Waals surface area contributed by atoms with Crippen LogP contribution in [0.1, 0.15) is 56.7 Å². The molecule has 0 aromatic heterocycles. The van der Waals surface area contributed by atoms with Crippen LogP contribution in [0.3, 0.4) is 0 Å². The zero-order valence-electron chi connectivity index (χ0n) is 9.72. The van der Waals surface area contributed by atoms with Gasteiger partial charge in [-0.25, -0.2) is 0 Å². The largest absolute Gasteiger partial charge is 0.0584 e. The van der Waals surface area contributed by atoms with Gasteiger partial charge in [-0.2, -0.15) is 0 Å². The van der Waals surface area contributed by atoms with Crippen molar-refractivity contribution in [2.75, 3.05) is 0 Å². The van der Waals surface area contributed by atoms with Gasteiger partial charge in [-0.15, -0.1) is 0 Å². The Hall–Kier alpha value is -0.780. The second-order valence-electron chi connectivity index (χ2n) is 5.60. The zero-order valence-corrected chi connectivity index (χ0v) is 9.72. The third-order valence-corrected chi connectivity index (χ3v) is 3.39. The summed E-state index contributed by atoms with van der Waals surface area (Å²) in [5.74, 6) is 0.777. The lowest BCUT2D eigenvalue weighted by molar-refractivity contribution is 0.589. The van der Waals surface area contributed by atoms with Gasteiger partial charge in [0.1, 0.15) is 0 Å². The van der Waals surface area contributed by atoms with E-state index in [9.17, 15) is 0 Å². The number of rotatable bonds is 0. The Labute approximate surface area is 87.3 Å². The van der Waals surface area contributed by atoms with Crippen LogP contribution in [0.25, 0.3) is 0 Å². The Bertz CT molecular complexity index is 342. The molecule has 0 saturated heterocycles. The van der Waals surface area contributed by atoms with Crippen molar-refractivity contribution in [1.82, 2.24) is 0 Å². The van der Waals surface area contributed by atoms with Crippen LogP contribution in [0.5, 0.6) is 0 Å². The van der Waals surface area contributed by atoms with Gasteiger partial charge in [-0.1, -0.05) is 45.9 Å². The quantitative estimate of drug-likeness (QED) is 0.576. The molecule has 1 aliphatic carbocycles. The monoisotopic (exact) mass is 188 g/mol. The average molecular weight is 188 g/mol. The number of hydrogen-bond donors (Lipinski definition) is 0. The molecule has 14 heavy (non-hydrogen) atoms. The molecule has 0 nitrogen and oxygen atoms in total. The van der Waals surface area contributed by atoms with Gasteiger partial charge in [0.15, 0.2) is 0 Å². The summed E-state index contributed by atoms with van der Waals surface area (Å²) >= 11 is 0. The summed E-state index contributed by atoms with van der Waals surface area (Å²) in [5.41, 5.74) is 4.94. The minimum absolute atomic E-state index is 0.293. The second kappa shape index (κ2) is 3.12. The highest BCUT2D eigenvalue weighted by Crippen LogP contribution is 2.35. The molecule has 2 rings (SSSR count). The number of fused-ring (bicyclic) bond motifs is 1. The van der Waals surface area contributed by atoms with Gasteiger partial charge >= 0.3 is 0 Å². The van der Waals surface area contributed by atoms with Crippen LogP contribution < -0.4 is 0 Å². The minimum atomic E-state index is 0.293. The van der Waals surface area contributed by atoms with Gasteiger partial charge in [-0.05, 0) is 40.9 Å². The van der Waals surface area contributed by atoms with Crippen LogP contribution in [0.15, 0.2) is 18.2 Å². The molecule has 0 aliphatic heterocycles. The van der Waals surface area contributed by atoms with E-state index in [0.29, 0.717) is 5.41 Å². The summed E-state index contributed by atoms with van der Waals surface area (Å²) < 4.78 is 0. The van der Waals surface area contributed by atoms with Crippen molar-refractivity contribution < 1.29 is 0 Å². The van der Waals surface area contributed by atoms with Crippen molar-refractivity contribution in [3.05, 3.63) is 34.9 Å². The Balaban J connectivity index is 2.42. The second-order valence-corrected chi connectivity index (χ2v) is 5.60. The van der Waals surface area contributed by atoms with E-state index in [1.807, 2.05) is 0 Å². The van der Waals surface area contributed by atoms with Crippen LogP contribution in [0.4, 0.5) is 0 Å². The van der Waals surface area contributed by atoms with Crippen molar-refractivity contribution in [2.45, 2.75) is 51.9 Å². The first-order valence-electron chi connectivity index (χ1n) is 5.62. The van der Waals surface area contributed by atoms with Crippen molar-refractivity contribution >= 4 is 0 Å². The van der Waals surface area contributed by atoms with Gasteiger partial charge in [0.25, 0.3) is 0 Å². The van der Waals surface area contributed by atoms with E-state index in [4.69, 9.17) is 0 Å². The van der Waals surface area contributed by atoms with Crippen LogP contribution in [-0.4, -0.2) is 0 Å². The van der Waals surface area contributed by atoms with E-state index in [1.54, 1.807) is 11.1 Å². The van der Waals surface area contributed by atoms with E-state index in [1.165, 1.54) is 18.4 Å². The molecule has 0 radical (unpaired) electrons. The molecule has 0 N–H and O–H groups in total. The predicted molar refractivity (Wildman–Crippen MR) is 61.9 cm³/mol. The van der Waals surface area contributed by atoms with Gasteiger partial charge in [0, 0.05) is 0 Å². The number of aryl methyl sites for hydroxylation is 1. The molecule has 1 aromatic rings. The summed E-state index contributed by atoms with van der Waals surface area (Å²) in [5, 5.41) is 0. The molecular formula is C14H20. The van der Waals surface area contributed by atoms with Gasteiger partial charge in [-0.3, -0.25) is 0 Å². The smallest absolute Gasteiger partial charge is 0.0132 e. The lowest BCUT2D eigenvalue weighted by Gasteiger charge is -2.20. The number of hydrogen-bond acceptors (Lipinski definition) is 0. The Morgan fingerprint density at radius 2 is 1.93 bits per heavy atom. The molecule has 0 amide bonds. The van der Waals surface area contributed by atoms with Crippen LogP contribution in [0, 0.1) is 0 Å². The summed E-state index contributed by atoms with van der Waals surface area (Å²) in [6.45, 7) is 9.19. The maximum Gasteiger partial charge on any atom is -0.0132 e. The first-order valence-corrected chi connectivity index (χ1v) is 5.62. The first-order chi connectivity index (χ1) is 6.48. The third-order valence-electron chi connectivity index (χ3n) is 3.39. The molecule has 0 spiro atoms. The molecule has 0 heteroatoms. The lowest BCUT2D eigenvalue weighted by atomic mass is 9.85. The van der Waals surface area contributed by atoms with E-state index >= 15 is 0 Å². The van der Waals surface area contributed by atoms with Gasteiger partial charge in [0.05, 0.1) is 0 Å². The molecule has 0 heterocycles. The van der Waals surface area contributed by atoms with E-state index < -0.39 is 0 Å². The highest BCUT2D eigenvalue weighted by molar-refractivity contribution is 5.40. The topological polar surface area (TPSA) is 0 Å². The molecule has 0 bridgehead atoms. The molecule has 76 valence electrons. The maximum atomic E-state index is 2.42. The summed E-state index contributed by atoms with van der Waals surface area (Å²) in [7, 11) is 0. The Kier molecular flexibility index (Phi) is 2.17. The predicted octanol–water partition coefficient (Wildman–Crippen LogP) is 4.03. The molecular weight excluding hydrogens is 168 g/mol. The Morgan fingerprint density at radius 1 is 1.21 bits per heavy atom. The minimum Gasteiger partial charge on any atom is -0.0584 e. The molecule has 1 aromatic carbocycles. The highest BCUT2D eigenvalue weighted by atomic mass is 14.3. The van der Waals surface area contributed by atoms with Crippen LogP contribution >= 0.6 is 0 Å². The van der Waals surface area contributed by atoms with Crippen molar-refractivity contribution in [3.63, 3.8) is 0 Å². The van der Waals surface area contributed by atoms with Crippen LogP contribution in [-0.2, 0) is 11.8 Å². The van der Waals surface area contributed by atoms with Gasteiger partial charge in [0.2, 0.25) is 0 Å². The third kappa shape index (κ3) is 1.58. The summed E-state index contributed by atoms with van der Waals surface area (Å²) in [6, 6.07) is 7.06. The van der Waals surface area contributed by atoms with Crippen molar-refractivity contribution in [2.24, 2.45) is 0 Å². The molecule has 0 unspecified atom stereocenters. The standard InChI is InChI=1S/C14H20/c1-10-5-6-11-9-12(14(2,3)4)7-8-13(10)11/h7-10H,5-6H2,1-4H3/t10-/m1/s1. The molecule has 1 atom stereocenters. The summed E-state index contributed by atoms with van der Waals surface area (Å²) in [4.78, 5) is 0. The zero-order chi connectivity index (χ0) is 10.3. The SMILES string of the molecule is C[C@@H]1CCc2cc(C(C)(C)C)ccc21. The maximum absolute atomic E-state index is 2.42. The fraction of sp³-hybridized carbons (Fsp3) is 0.571. The number of benzene rings is 1.